The molecule has 3 aromatic carbocycles. The Morgan fingerprint density at radius 1 is 0.769 bits per heavy atom. The SMILES string of the molecule is COc1cc(C(=O)O)cc(OC)c1OC.COc1cc(C)cc(OC)c1O.Oc1cc(O)c2c(c1)OCCC2. The van der Waals surface area contributed by atoms with E-state index in [0.717, 1.165) is 24.0 Å². The van der Waals surface area contributed by atoms with Crippen molar-refractivity contribution in [1.82, 2.24) is 0 Å². The fourth-order valence-corrected chi connectivity index (χ4v) is 3.66. The zero-order valence-electron chi connectivity index (χ0n) is 22.7. The van der Waals surface area contributed by atoms with E-state index in [1.807, 2.05) is 6.92 Å². The van der Waals surface area contributed by atoms with Gasteiger partial charge in [0.1, 0.15) is 17.2 Å². The summed E-state index contributed by atoms with van der Waals surface area (Å²) in [4.78, 5) is 10.8. The van der Waals surface area contributed by atoms with Crippen LogP contribution in [-0.2, 0) is 6.42 Å². The van der Waals surface area contributed by atoms with Gasteiger partial charge in [-0.25, -0.2) is 4.79 Å². The van der Waals surface area contributed by atoms with E-state index >= 15 is 0 Å². The van der Waals surface area contributed by atoms with Gasteiger partial charge >= 0.3 is 5.97 Å². The lowest BCUT2D eigenvalue weighted by molar-refractivity contribution is 0.0696. The van der Waals surface area contributed by atoms with Crippen molar-refractivity contribution >= 4 is 5.97 Å². The van der Waals surface area contributed by atoms with Crippen molar-refractivity contribution in [1.29, 1.82) is 0 Å². The van der Waals surface area contributed by atoms with E-state index in [9.17, 15) is 15.0 Å². The van der Waals surface area contributed by atoms with Gasteiger partial charge in [0.25, 0.3) is 0 Å². The summed E-state index contributed by atoms with van der Waals surface area (Å²) >= 11 is 0. The van der Waals surface area contributed by atoms with Crippen LogP contribution in [0.25, 0.3) is 0 Å². The van der Waals surface area contributed by atoms with Crippen LogP contribution in [0.15, 0.2) is 36.4 Å². The maximum Gasteiger partial charge on any atom is 0.335 e. The average Bonchev–Trinajstić information content (AvgIpc) is 2.93. The number of hydrogen-bond acceptors (Lipinski definition) is 10. The lowest BCUT2D eigenvalue weighted by atomic mass is 10.1. The molecule has 0 spiro atoms. The number of carbonyl (C=O) groups is 1. The van der Waals surface area contributed by atoms with E-state index in [0.29, 0.717) is 41.1 Å². The zero-order valence-corrected chi connectivity index (χ0v) is 22.7. The second-order valence-electron chi connectivity index (χ2n) is 8.13. The summed E-state index contributed by atoms with van der Waals surface area (Å²) in [6.07, 6.45) is 1.74. The summed E-state index contributed by atoms with van der Waals surface area (Å²) in [7, 11) is 7.34. The maximum absolute atomic E-state index is 10.8. The predicted octanol–water partition coefficient (Wildman–Crippen LogP) is 4.55. The first-order chi connectivity index (χ1) is 18.6. The third kappa shape index (κ3) is 7.91. The van der Waals surface area contributed by atoms with Crippen molar-refractivity contribution < 1.29 is 53.6 Å². The smallest absolute Gasteiger partial charge is 0.335 e. The first-order valence-electron chi connectivity index (χ1n) is 11.7. The van der Waals surface area contributed by atoms with E-state index in [1.54, 1.807) is 12.1 Å². The molecular weight excluding hydrogens is 512 g/mol. The molecule has 1 aliphatic heterocycles. The van der Waals surface area contributed by atoms with Crippen molar-refractivity contribution in [2.45, 2.75) is 19.8 Å². The standard InChI is InChI=1S/C10H12O5.C9H10O3.C9H12O3/c1-13-7-4-6(10(11)12)5-8(14-2)9(7)15-3;10-6-4-8(11)7-2-1-3-12-9(7)5-6;1-6-4-7(11-2)9(10)8(5-6)12-3/h4-5H,1-3H3,(H,11,12);4-5,10-11H,1-3H2;4-5,10H,1-3H3. The Hall–Kier alpha value is -4.67. The number of phenolic OH excluding ortho intramolecular Hbond substituents is 3. The van der Waals surface area contributed by atoms with Crippen LogP contribution in [-0.4, -0.2) is 68.6 Å². The quantitative estimate of drug-likeness (QED) is 0.344. The van der Waals surface area contributed by atoms with Crippen LogP contribution < -0.4 is 28.4 Å². The molecule has 1 aliphatic rings. The van der Waals surface area contributed by atoms with E-state index in [4.69, 9.17) is 38.6 Å². The molecule has 1 heterocycles. The number of ether oxygens (including phenoxy) is 6. The van der Waals surface area contributed by atoms with Crippen LogP contribution in [0.3, 0.4) is 0 Å². The molecule has 0 unspecified atom stereocenters. The molecule has 212 valence electrons. The molecule has 11 nitrogen and oxygen atoms in total. The minimum Gasteiger partial charge on any atom is -0.508 e. The van der Waals surface area contributed by atoms with Crippen LogP contribution in [0.5, 0.6) is 51.7 Å². The van der Waals surface area contributed by atoms with Crippen LogP contribution >= 0.6 is 0 Å². The summed E-state index contributed by atoms with van der Waals surface area (Å²) in [6, 6.07) is 9.13. The van der Waals surface area contributed by atoms with Crippen molar-refractivity contribution in [3.63, 3.8) is 0 Å². The molecule has 0 atom stereocenters. The number of aryl methyl sites for hydroxylation is 1. The molecule has 0 fully saturated rings. The average molecular weight is 547 g/mol. The highest BCUT2D eigenvalue weighted by molar-refractivity contribution is 5.89. The molecule has 0 saturated carbocycles. The maximum atomic E-state index is 10.8. The monoisotopic (exact) mass is 546 g/mol. The lowest BCUT2D eigenvalue weighted by Gasteiger charge is -2.17. The summed E-state index contributed by atoms with van der Waals surface area (Å²) in [5.74, 6) is 1.70. The van der Waals surface area contributed by atoms with Gasteiger partial charge in [-0.2, -0.15) is 0 Å². The molecule has 0 radical (unpaired) electrons. The summed E-state index contributed by atoms with van der Waals surface area (Å²) < 4.78 is 30.2. The summed E-state index contributed by atoms with van der Waals surface area (Å²) in [6.45, 7) is 2.57. The Balaban J connectivity index is 0.000000207. The second-order valence-corrected chi connectivity index (χ2v) is 8.13. The number of aromatic carboxylic acids is 1. The third-order valence-corrected chi connectivity index (χ3v) is 5.53. The van der Waals surface area contributed by atoms with Crippen LogP contribution in [0.2, 0.25) is 0 Å². The van der Waals surface area contributed by atoms with Crippen molar-refractivity contribution in [3.05, 3.63) is 53.1 Å². The van der Waals surface area contributed by atoms with E-state index < -0.39 is 5.97 Å². The largest absolute Gasteiger partial charge is 0.508 e. The van der Waals surface area contributed by atoms with Gasteiger partial charge in [-0.15, -0.1) is 0 Å². The molecule has 0 aromatic heterocycles. The number of hydrogen-bond donors (Lipinski definition) is 4. The number of carboxylic acid groups (broad SMARTS) is 1. The number of methoxy groups -OCH3 is 5. The molecule has 0 saturated heterocycles. The highest BCUT2D eigenvalue weighted by atomic mass is 16.5. The Bertz CT molecular complexity index is 1220. The Morgan fingerprint density at radius 3 is 1.77 bits per heavy atom. The van der Waals surface area contributed by atoms with Crippen molar-refractivity contribution in [3.8, 4) is 51.7 Å². The molecular formula is C28H34O11. The number of phenols is 3. The van der Waals surface area contributed by atoms with Crippen LogP contribution in [0.1, 0.15) is 27.9 Å². The van der Waals surface area contributed by atoms with Gasteiger partial charge in [-0.05, 0) is 49.6 Å². The second kappa shape index (κ2) is 14.3. The van der Waals surface area contributed by atoms with Crippen LogP contribution in [0, 0.1) is 6.92 Å². The van der Waals surface area contributed by atoms with Crippen molar-refractivity contribution in [2.24, 2.45) is 0 Å². The normalized spacial score (nSPS) is 11.2. The number of benzene rings is 3. The minimum absolute atomic E-state index is 0.0469. The van der Waals surface area contributed by atoms with Gasteiger partial charge in [-0.1, -0.05) is 0 Å². The topological polar surface area (TPSA) is 153 Å². The summed E-state index contributed by atoms with van der Waals surface area (Å²) in [5, 5.41) is 36.8. The molecule has 0 bridgehead atoms. The molecule has 0 aliphatic carbocycles. The van der Waals surface area contributed by atoms with Crippen molar-refractivity contribution in [2.75, 3.05) is 42.2 Å². The molecule has 39 heavy (non-hydrogen) atoms. The molecule has 4 N–H and O–H groups in total. The fourth-order valence-electron chi connectivity index (χ4n) is 3.66. The number of fused-ring (bicyclic) bond motifs is 1. The fraction of sp³-hybridized carbons (Fsp3) is 0.321. The number of rotatable bonds is 6. The minimum atomic E-state index is -1.05. The molecule has 0 amide bonds. The van der Waals surface area contributed by atoms with Gasteiger partial charge in [0.15, 0.2) is 23.0 Å². The molecule has 11 heteroatoms. The number of aromatic hydroxyl groups is 3. The first-order valence-corrected chi connectivity index (χ1v) is 11.7. The highest BCUT2D eigenvalue weighted by Gasteiger charge is 2.16. The van der Waals surface area contributed by atoms with Gasteiger partial charge < -0.3 is 48.8 Å². The van der Waals surface area contributed by atoms with E-state index in [-0.39, 0.29) is 22.8 Å². The number of carboxylic acids is 1. The molecule has 4 rings (SSSR count). The Morgan fingerprint density at radius 2 is 1.31 bits per heavy atom. The van der Waals surface area contributed by atoms with Crippen LogP contribution in [0.4, 0.5) is 0 Å². The third-order valence-electron chi connectivity index (χ3n) is 5.53. The predicted molar refractivity (Wildman–Crippen MR) is 143 cm³/mol. The Kier molecular flexibility index (Phi) is 11.2. The summed E-state index contributed by atoms with van der Waals surface area (Å²) in [5.41, 5.74) is 1.88. The van der Waals surface area contributed by atoms with Gasteiger partial charge in [0.05, 0.1) is 47.7 Å². The van der Waals surface area contributed by atoms with E-state index in [2.05, 4.69) is 0 Å². The highest BCUT2D eigenvalue weighted by Crippen LogP contribution is 2.39. The van der Waals surface area contributed by atoms with Gasteiger partial charge in [0.2, 0.25) is 11.5 Å². The first kappa shape index (κ1) is 30.6. The zero-order chi connectivity index (χ0) is 29.1. The Labute approximate surface area is 226 Å². The molecule has 3 aromatic rings. The van der Waals surface area contributed by atoms with Gasteiger partial charge in [0, 0.05) is 17.7 Å². The van der Waals surface area contributed by atoms with E-state index in [1.165, 1.54) is 59.8 Å². The van der Waals surface area contributed by atoms with Gasteiger partial charge in [-0.3, -0.25) is 0 Å². The lowest BCUT2D eigenvalue weighted by Crippen LogP contribution is -2.07.